The molecule has 1 fully saturated rings. The van der Waals surface area contributed by atoms with Gasteiger partial charge >= 0.3 is 0 Å². The van der Waals surface area contributed by atoms with Crippen molar-refractivity contribution in [3.63, 3.8) is 0 Å². The minimum atomic E-state index is -0.553. The Morgan fingerprint density at radius 3 is 2.93 bits per heavy atom. The van der Waals surface area contributed by atoms with Crippen LogP contribution in [-0.2, 0) is 16.0 Å². The molecule has 1 unspecified atom stereocenters. The third-order valence-corrected chi connectivity index (χ3v) is 5.74. The van der Waals surface area contributed by atoms with E-state index in [0.717, 1.165) is 30.7 Å². The van der Waals surface area contributed by atoms with Crippen molar-refractivity contribution >= 4 is 17.8 Å². The van der Waals surface area contributed by atoms with Gasteiger partial charge in [-0.2, -0.15) is 0 Å². The Kier molecular flexibility index (Phi) is 5.39. The average molecular weight is 372 g/mol. The number of nitrogens with two attached hydrogens (primary N) is 1. The Labute approximate surface area is 160 Å². The van der Waals surface area contributed by atoms with Crippen LogP contribution >= 0.6 is 0 Å². The van der Waals surface area contributed by atoms with Crippen molar-refractivity contribution in [3.8, 4) is 5.75 Å². The number of amides is 2. The van der Waals surface area contributed by atoms with Gasteiger partial charge in [-0.3, -0.25) is 14.5 Å². The molecule has 1 aromatic carbocycles. The van der Waals surface area contributed by atoms with Crippen LogP contribution in [-0.4, -0.2) is 60.4 Å². The van der Waals surface area contributed by atoms with E-state index in [4.69, 9.17) is 10.5 Å². The van der Waals surface area contributed by atoms with E-state index in [2.05, 4.69) is 4.99 Å². The number of benzene rings is 1. The van der Waals surface area contributed by atoms with Crippen LogP contribution in [0.15, 0.2) is 29.3 Å². The van der Waals surface area contributed by atoms with Gasteiger partial charge in [-0.25, -0.2) is 4.99 Å². The van der Waals surface area contributed by atoms with Gasteiger partial charge in [0.15, 0.2) is 5.96 Å². The number of piperidine rings is 1. The van der Waals surface area contributed by atoms with E-state index in [0.29, 0.717) is 19.4 Å². The SMILES string of the molecule is COc1cccc(CC(=O)N2CCCC([C@]3(C)CC(=O)N(C)C(N)=N3)C2)c1. The van der Waals surface area contributed by atoms with Gasteiger partial charge in [0.1, 0.15) is 5.75 Å². The standard InChI is InChI=1S/C20H28N4O3/c1-20(12-18(26)23(2)19(21)22-20)15-7-5-9-24(13-15)17(25)11-14-6-4-8-16(10-14)27-3/h4,6,8,10,15H,5,7,9,11-13H2,1-3H3,(H2,21,22)/t15?,20-/m0/s1. The molecular formula is C20H28N4O3. The van der Waals surface area contributed by atoms with Gasteiger partial charge in [-0.15, -0.1) is 0 Å². The summed E-state index contributed by atoms with van der Waals surface area (Å²) in [4.78, 5) is 33.0. The molecule has 7 nitrogen and oxygen atoms in total. The lowest BCUT2D eigenvalue weighted by Crippen LogP contribution is -2.55. The minimum Gasteiger partial charge on any atom is -0.497 e. The lowest BCUT2D eigenvalue weighted by molar-refractivity contribution is -0.133. The van der Waals surface area contributed by atoms with Crippen molar-refractivity contribution in [3.05, 3.63) is 29.8 Å². The summed E-state index contributed by atoms with van der Waals surface area (Å²) in [6, 6.07) is 7.58. The fourth-order valence-corrected chi connectivity index (χ4v) is 3.94. The molecule has 0 bridgehead atoms. The zero-order chi connectivity index (χ0) is 19.6. The van der Waals surface area contributed by atoms with Gasteiger partial charge in [0.2, 0.25) is 11.8 Å². The van der Waals surface area contributed by atoms with E-state index in [9.17, 15) is 9.59 Å². The second-order valence-electron chi connectivity index (χ2n) is 7.66. The van der Waals surface area contributed by atoms with Crippen molar-refractivity contribution in [1.82, 2.24) is 9.80 Å². The summed E-state index contributed by atoms with van der Waals surface area (Å²) in [5.74, 6) is 1.20. The first kappa shape index (κ1) is 19.2. The summed E-state index contributed by atoms with van der Waals surface area (Å²) in [5, 5.41) is 0. The van der Waals surface area contributed by atoms with E-state index in [1.165, 1.54) is 4.90 Å². The van der Waals surface area contributed by atoms with Crippen LogP contribution in [0, 0.1) is 5.92 Å². The second-order valence-corrected chi connectivity index (χ2v) is 7.66. The number of hydrogen-bond donors (Lipinski definition) is 1. The highest BCUT2D eigenvalue weighted by Gasteiger charge is 2.43. The lowest BCUT2D eigenvalue weighted by atomic mass is 9.77. The van der Waals surface area contributed by atoms with Gasteiger partial charge in [-0.1, -0.05) is 12.1 Å². The maximum Gasteiger partial charge on any atom is 0.231 e. The molecule has 3 rings (SSSR count). The summed E-state index contributed by atoms with van der Waals surface area (Å²) < 4.78 is 5.23. The molecule has 2 heterocycles. The van der Waals surface area contributed by atoms with Crippen molar-refractivity contribution in [2.24, 2.45) is 16.6 Å². The normalized spacial score (nSPS) is 26.0. The van der Waals surface area contributed by atoms with Gasteiger partial charge in [0.05, 0.1) is 25.5 Å². The summed E-state index contributed by atoms with van der Waals surface area (Å²) in [5.41, 5.74) is 6.32. The number of methoxy groups -OCH3 is 1. The largest absolute Gasteiger partial charge is 0.497 e. The zero-order valence-corrected chi connectivity index (χ0v) is 16.3. The van der Waals surface area contributed by atoms with Crippen LogP contribution in [0.1, 0.15) is 31.7 Å². The summed E-state index contributed by atoms with van der Waals surface area (Å²) in [6.07, 6.45) is 2.51. The minimum absolute atomic E-state index is 0.0233. The number of carbonyl (C=O) groups excluding carboxylic acids is 2. The molecule has 1 saturated heterocycles. The molecule has 146 valence electrons. The van der Waals surface area contributed by atoms with Crippen molar-refractivity contribution < 1.29 is 14.3 Å². The quantitative estimate of drug-likeness (QED) is 0.866. The molecule has 1 aromatic rings. The molecule has 0 spiro atoms. The van der Waals surface area contributed by atoms with Gasteiger partial charge < -0.3 is 15.4 Å². The van der Waals surface area contributed by atoms with Crippen LogP contribution in [0.5, 0.6) is 5.75 Å². The van der Waals surface area contributed by atoms with Crippen LogP contribution in [0.25, 0.3) is 0 Å². The number of carbonyl (C=O) groups is 2. The van der Waals surface area contributed by atoms with E-state index in [-0.39, 0.29) is 23.7 Å². The van der Waals surface area contributed by atoms with Gasteiger partial charge in [0.25, 0.3) is 0 Å². The third kappa shape index (κ3) is 4.07. The number of hydrogen-bond acceptors (Lipinski definition) is 5. The summed E-state index contributed by atoms with van der Waals surface area (Å²) in [6.45, 7) is 3.32. The van der Waals surface area contributed by atoms with Crippen LogP contribution in [0.2, 0.25) is 0 Å². The Bertz CT molecular complexity index is 763. The molecule has 2 aliphatic heterocycles. The summed E-state index contributed by atoms with van der Waals surface area (Å²) in [7, 11) is 3.26. The summed E-state index contributed by atoms with van der Waals surface area (Å²) >= 11 is 0. The van der Waals surface area contributed by atoms with E-state index in [1.807, 2.05) is 36.1 Å². The zero-order valence-electron chi connectivity index (χ0n) is 16.3. The number of guanidine groups is 1. The van der Waals surface area contributed by atoms with Crippen LogP contribution < -0.4 is 10.5 Å². The predicted molar refractivity (Wildman–Crippen MR) is 103 cm³/mol. The smallest absolute Gasteiger partial charge is 0.231 e. The molecule has 2 atom stereocenters. The van der Waals surface area contributed by atoms with Crippen molar-refractivity contribution in [1.29, 1.82) is 0 Å². The monoisotopic (exact) mass is 372 g/mol. The second kappa shape index (κ2) is 7.58. The van der Waals surface area contributed by atoms with Gasteiger partial charge in [-0.05, 0) is 37.5 Å². The molecule has 0 aliphatic carbocycles. The highest BCUT2D eigenvalue weighted by Crippen LogP contribution is 2.35. The topological polar surface area (TPSA) is 88.2 Å². The maximum atomic E-state index is 12.8. The predicted octanol–water partition coefficient (Wildman–Crippen LogP) is 1.41. The molecule has 27 heavy (non-hydrogen) atoms. The molecule has 0 saturated carbocycles. The van der Waals surface area contributed by atoms with Crippen molar-refractivity contribution in [2.75, 3.05) is 27.2 Å². The lowest BCUT2D eigenvalue weighted by Gasteiger charge is -2.43. The fourth-order valence-electron chi connectivity index (χ4n) is 3.94. The van der Waals surface area contributed by atoms with E-state index >= 15 is 0 Å². The Morgan fingerprint density at radius 1 is 1.44 bits per heavy atom. The number of ether oxygens (including phenoxy) is 1. The Balaban J connectivity index is 1.70. The Morgan fingerprint density at radius 2 is 2.22 bits per heavy atom. The first-order valence-corrected chi connectivity index (χ1v) is 9.35. The van der Waals surface area contributed by atoms with Crippen LogP contribution in [0.3, 0.4) is 0 Å². The number of nitrogens with zero attached hydrogens (tertiary/aromatic N) is 3. The number of likely N-dealkylation sites (tertiary alicyclic amines) is 1. The van der Waals surface area contributed by atoms with Crippen LogP contribution in [0.4, 0.5) is 0 Å². The maximum absolute atomic E-state index is 12.8. The first-order valence-electron chi connectivity index (χ1n) is 9.35. The number of aliphatic imine (C=N–C) groups is 1. The third-order valence-electron chi connectivity index (χ3n) is 5.74. The molecule has 0 aromatic heterocycles. The Hall–Kier alpha value is -2.57. The van der Waals surface area contributed by atoms with Gasteiger partial charge in [0, 0.05) is 26.1 Å². The van der Waals surface area contributed by atoms with E-state index in [1.54, 1.807) is 14.2 Å². The molecule has 7 heteroatoms. The average Bonchev–Trinajstić information content (AvgIpc) is 2.66. The first-order chi connectivity index (χ1) is 12.8. The highest BCUT2D eigenvalue weighted by atomic mass is 16.5. The van der Waals surface area contributed by atoms with Crippen molar-refractivity contribution in [2.45, 2.75) is 38.1 Å². The molecule has 2 aliphatic rings. The molecule has 0 radical (unpaired) electrons. The number of rotatable bonds is 4. The fraction of sp³-hybridized carbons (Fsp3) is 0.550. The molecular weight excluding hydrogens is 344 g/mol. The highest BCUT2D eigenvalue weighted by molar-refractivity contribution is 5.98. The van der Waals surface area contributed by atoms with E-state index < -0.39 is 5.54 Å². The molecule has 2 amide bonds. The molecule has 2 N–H and O–H groups in total.